The molecule has 62 valence electrons. The van der Waals surface area contributed by atoms with Crippen molar-refractivity contribution < 1.29 is 0 Å². The number of para-hydroxylation sites is 1. The minimum atomic E-state index is 0.877. The second kappa shape index (κ2) is 2.20. The second-order valence-electron chi connectivity index (χ2n) is 3.87. The van der Waals surface area contributed by atoms with Crippen LogP contribution in [0.15, 0.2) is 30.5 Å². The molecule has 0 saturated heterocycles. The van der Waals surface area contributed by atoms with Gasteiger partial charge in [0.15, 0.2) is 0 Å². The smallest absolute Gasteiger partial charge is 0.144 e. The molecule has 0 N–H and O–H groups in total. The predicted molar refractivity (Wildman–Crippen MR) is 53.7 cm³/mol. The fourth-order valence-electron chi connectivity index (χ4n) is 1.93. The molecule has 1 aromatic carbocycles. The highest BCUT2D eigenvalue weighted by molar-refractivity contribution is 5.80. The van der Waals surface area contributed by atoms with E-state index in [2.05, 4.69) is 51.5 Å². The van der Waals surface area contributed by atoms with Gasteiger partial charge in [-0.15, -0.1) is 0 Å². The van der Waals surface area contributed by atoms with Crippen molar-refractivity contribution in [3.05, 3.63) is 36.0 Å². The average molecular weight is 160 g/mol. The lowest BCUT2D eigenvalue weighted by Gasteiger charge is -2.20. The molecule has 0 aliphatic carbocycles. The van der Waals surface area contributed by atoms with Gasteiger partial charge in [0.05, 0.1) is 14.1 Å². The standard InChI is InChI=1S/C11H14N/c1-9-8-12(2,3)11-7-5-4-6-10(9)11/h4-8H,1-3H3/q+1. The Bertz CT molecular complexity index is 348. The van der Waals surface area contributed by atoms with Crippen molar-refractivity contribution in [1.82, 2.24) is 4.48 Å². The van der Waals surface area contributed by atoms with Gasteiger partial charge in [-0.3, -0.25) is 4.48 Å². The molecule has 2 rings (SSSR count). The van der Waals surface area contributed by atoms with Crippen molar-refractivity contribution in [3.63, 3.8) is 0 Å². The van der Waals surface area contributed by atoms with Gasteiger partial charge in [0.1, 0.15) is 11.9 Å². The molecule has 0 amide bonds. The van der Waals surface area contributed by atoms with Gasteiger partial charge in [-0.25, -0.2) is 0 Å². The zero-order valence-electron chi connectivity index (χ0n) is 7.83. The van der Waals surface area contributed by atoms with Crippen LogP contribution in [0.4, 0.5) is 5.69 Å². The number of benzene rings is 1. The highest BCUT2D eigenvalue weighted by Gasteiger charge is 2.27. The zero-order chi connectivity index (χ0) is 8.77. The molecule has 1 aliphatic rings. The molecular weight excluding hydrogens is 146 g/mol. The number of allylic oxidation sites excluding steroid dienone is 1. The summed E-state index contributed by atoms with van der Waals surface area (Å²) in [6.45, 7) is 2.17. The number of hydrogen-bond acceptors (Lipinski definition) is 0. The van der Waals surface area contributed by atoms with Crippen LogP contribution in [0.3, 0.4) is 0 Å². The summed E-state index contributed by atoms with van der Waals surface area (Å²) in [6.07, 6.45) is 2.28. The summed E-state index contributed by atoms with van der Waals surface area (Å²) >= 11 is 0. The Morgan fingerprint density at radius 2 is 1.75 bits per heavy atom. The van der Waals surface area contributed by atoms with Crippen molar-refractivity contribution >= 4 is 11.3 Å². The molecule has 0 atom stereocenters. The number of fused-ring (bicyclic) bond motifs is 1. The second-order valence-corrected chi connectivity index (χ2v) is 3.87. The monoisotopic (exact) mass is 160 g/mol. The summed E-state index contributed by atoms with van der Waals surface area (Å²) in [5, 5.41) is 0. The van der Waals surface area contributed by atoms with Crippen LogP contribution in [-0.2, 0) is 0 Å². The van der Waals surface area contributed by atoms with E-state index in [1.807, 2.05) is 0 Å². The summed E-state index contributed by atoms with van der Waals surface area (Å²) in [7, 11) is 4.41. The number of rotatable bonds is 0. The first-order chi connectivity index (χ1) is 5.61. The van der Waals surface area contributed by atoms with Crippen LogP contribution >= 0.6 is 0 Å². The molecule has 1 heteroatoms. The van der Waals surface area contributed by atoms with E-state index in [0.29, 0.717) is 0 Å². The van der Waals surface area contributed by atoms with Gasteiger partial charge < -0.3 is 0 Å². The molecule has 0 bridgehead atoms. The fraction of sp³-hybridized carbons (Fsp3) is 0.273. The van der Waals surface area contributed by atoms with Crippen molar-refractivity contribution in [1.29, 1.82) is 0 Å². The van der Waals surface area contributed by atoms with E-state index in [4.69, 9.17) is 0 Å². The van der Waals surface area contributed by atoms with Gasteiger partial charge in [-0.2, -0.15) is 0 Å². The third-order valence-electron chi connectivity index (χ3n) is 2.47. The summed E-state index contributed by atoms with van der Waals surface area (Å²) in [5.41, 5.74) is 4.17. The topological polar surface area (TPSA) is 0 Å². The third kappa shape index (κ3) is 0.901. The van der Waals surface area contributed by atoms with E-state index in [9.17, 15) is 0 Å². The minimum absolute atomic E-state index is 0.877. The highest BCUT2D eigenvalue weighted by atomic mass is 15.3. The van der Waals surface area contributed by atoms with Gasteiger partial charge in [-0.1, -0.05) is 12.1 Å². The maximum atomic E-state index is 2.28. The molecular formula is C11H14N+. The van der Waals surface area contributed by atoms with Crippen LogP contribution in [0.25, 0.3) is 5.57 Å². The van der Waals surface area contributed by atoms with Crippen molar-refractivity contribution in [3.8, 4) is 0 Å². The largest absolute Gasteiger partial charge is 0.269 e. The minimum Gasteiger partial charge on any atom is -0.269 e. The van der Waals surface area contributed by atoms with Crippen LogP contribution in [0.5, 0.6) is 0 Å². The first-order valence-electron chi connectivity index (χ1n) is 4.24. The molecule has 1 aromatic rings. The molecule has 1 heterocycles. The Hall–Kier alpha value is -1.08. The maximum absolute atomic E-state index is 2.28. The third-order valence-corrected chi connectivity index (χ3v) is 2.47. The van der Waals surface area contributed by atoms with Crippen molar-refractivity contribution in [2.75, 3.05) is 14.1 Å². The van der Waals surface area contributed by atoms with Gasteiger partial charge in [0.25, 0.3) is 0 Å². The average Bonchev–Trinajstić information content (AvgIpc) is 2.25. The quantitative estimate of drug-likeness (QED) is 0.512. The zero-order valence-corrected chi connectivity index (χ0v) is 7.83. The molecule has 0 saturated carbocycles. The van der Waals surface area contributed by atoms with Crippen molar-refractivity contribution in [2.24, 2.45) is 0 Å². The van der Waals surface area contributed by atoms with Crippen LogP contribution in [-0.4, -0.2) is 14.1 Å². The molecule has 0 fully saturated rings. The van der Waals surface area contributed by atoms with Gasteiger partial charge in [0.2, 0.25) is 0 Å². The summed E-state index contributed by atoms with van der Waals surface area (Å²) in [6, 6.07) is 8.59. The Labute approximate surface area is 73.5 Å². The fourth-order valence-corrected chi connectivity index (χ4v) is 1.93. The van der Waals surface area contributed by atoms with Gasteiger partial charge >= 0.3 is 0 Å². The molecule has 0 unspecified atom stereocenters. The lowest BCUT2D eigenvalue weighted by Crippen LogP contribution is -2.31. The van der Waals surface area contributed by atoms with E-state index in [-0.39, 0.29) is 0 Å². The van der Waals surface area contributed by atoms with E-state index < -0.39 is 0 Å². The molecule has 0 spiro atoms. The Morgan fingerprint density at radius 3 is 2.42 bits per heavy atom. The molecule has 1 nitrogen and oxygen atoms in total. The van der Waals surface area contributed by atoms with Gasteiger partial charge in [0, 0.05) is 17.2 Å². The molecule has 12 heavy (non-hydrogen) atoms. The molecule has 0 radical (unpaired) electrons. The number of quaternary nitrogens is 1. The SMILES string of the molecule is CC1=C[N+](C)(C)c2ccccc21. The Kier molecular flexibility index (Phi) is 1.39. The van der Waals surface area contributed by atoms with E-state index in [1.54, 1.807) is 0 Å². The van der Waals surface area contributed by atoms with Crippen LogP contribution < -0.4 is 4.48 Å². The lowest BCUT2D eigenvalue weighted by molar-refractivity contribution is 0.550. The predicted octanol–water partition coefficient (Wildman–Crippen LogP) is 2.63. The van der Waals surface area contributed by atoms with Gasteiger partial charge in [-0.05, 0) is 13.0 Å². The lowest BCUT2D eigenvalue weighted by atomic mass is 10.1. The molecule has 1 aliphatic heterocycles. The van der Waals surface area contributed by atoms with E-state index >= 15 is 0 Å². The highest BCUT2D eigenvalue weighted by Crippen LogP contribution is 2.36. The van der Waals surface area contributed by atoms with Crippen LogP contribution in [0.1, 0.15) is 12.5 Å². The normalized spacial score (nSPS) is 18.8. The summed E-state index contributed by atoms with van der Waals surface area (Å²) in [4.78, 5) is 0. The first kappa shape index (κ1) is 7.56. The maximum Gasteiger partial charge on any atom is 0.144 e. The molecule has 0 aromatic heterocycles. The Morgan fingerprint density at radius 1 is 1.08 bits per heavy atom. The first-order valence-corrected chi connectivity index (χ1v) is 4.24. The van der Waals surface area contributed by atoms with Crippen LogP contribution in [0.2, 0.25) is 0 Å². The Balaban J connectivity index is 2.68. The summed E-state index contributed by atoms with van der Waals surface area (Å²) < 4.78 is 0.877. The van der Waals surface area contributed by atoms with E-state index in [0.717, 1.165) is 4.48 Å². The number of hydrogen-bond donors (Lipinski definition) is 0. The van der Waals surface area contributed by atoms with Crippen LogP contribution in [0, 0.1) is 0 Å². The van der Waals surface area contributed by atoms with Crippen molar-refractivity contribution in [2.45, 2.75) is 6.92 Å². The van der Waals surface area contributed by atoms with E-state index in [1.165, 1.54) is 16.8 Å². The summed E-state index contributed by atoms with van der Waals surface area (Å²) in [5.74, 6) is 0. The number of nitrogens with zero attached hydrogens (tertiary/aromatic N) is 1.